The second-order valence-corrected chi connectivity index (χ2v) is 10.00. The first-order valence-corrected chi connectivity index (χ1v) is 12.5. The molecule has 0 aliphatic carbocycles. The Morgan fingerprint density at radius 3 is 2.24 bits per heavy atom. The van der Waals surface area contributed by atoms with Gasteiger partial charge in [0.1, 0.15) is 5.82 Å². The number of nitrogens with zero attached hydrogens (tertiary/aromatic N) is 3. The Morgan fingerprint density at radius 1 is 1.15 bits per heavy atom. The summed E-state index contributed by atoms with van der Waals surface area (Å²) in [5.74, 6) is -0.661. The van der Waals surface area contributed by atoms with E-state index in [1.165, 1.54) is 40.2 Å². The summed E-state index contributed by atoms with van der Waals surface area (Å²) in [5, 5.41) is 0. The maximum Gasteiger partial charge on any atom is 0.330 e. The highest BCUT2D eigenvalue weighted by molar-refractivity contribution is 7.89. The van der Waals surface area contributed by atoms with Crippen molar-refractivity contribution in [1.29, 1.82) is 0 Å². The van der Waals surface area contributed by atoms with Crippen molar-refractivity contribution in [1.82, 2.24) is 13.9 Å². The molecule has 188 valence electrons. The van der Waals surface area contributed by atoms with Gasteiger partial charge in [0.15, 0.2) is 5.69 Å². The summed E-state index contributed by atoms with van der Waals surface area (Å²) in [4.78, 5) is 41.8. The highest BCUT2D eigenvalue weighted by atomic mass is 32.2. The third kappa shape index (κ3) is 5.75. The van der Waals surface area contributed by atoms with Gasteiger partial charge in [0.2, 0.25) is 10.0 Å². The van der Waals surface area contributed by atoms with Gasteiger partial charge >= 0.3 is 5.69 Å². The number of nitrogen functional groups attached to an aromatic ring is 1. The number of nitrogens with one attached hydrogen (secondary N) is 1. The van der Waals surface area contributed by atoms with Crippen LogP contribution in [0.2, 0.25) is 0 Å². The Balaban J connectivity index is 2.55. The molecule has 0 saturated heterocycles. The third-order valence-corrected chi connectivity index (χ3v) is 7.30. The molecule has 0 aliphatic heterocycles. The molecule has 0 fully saturated rings. The van der Waals surface area contributed by atoms with Gasteiger partial charge < -0.3 is 10.5 Å². The average Bonchev–Trinajstić information content (AvgIpc) is 2.78. The Kier molecular flexibility index (Phi) is 9.19. The number of methoxy groups -OCH3 is 1. The van der Waals surface area contributed by atoms with Gasteiger partial charge in [0.25, 0.3) is 11.5 Å². The highest BCUT2D eigenvalue weighted by Gasteiger charge is 2.27. The molecule has 1 heterocycles. The van der Waals surface area contributed by atoms with E-state index >= 15 is 0 Å². The Hall–Kier alpha value is -2.96. The van der Waals surface area contributed by atoms with Crippen molar-refractivity contribution >= 4 is 27.4 Å². The fourth-order valence-corrected chi connectivity index (χ4v) is 4.98. The Labute approximate surface area is 199 Å². The van der Waals surface area contributed by atoms with Crippen molar-refractivity contribution < 1.29 is 17.9 Å². The standard InChI is InChI=1S/C22H33N5O6S/c1-6-25(7-2)34(31,32)17-10-8-16(9-11-17)21(29)26(12-13-33-5)18-19(23)27(14-15(3)4)22(30)24-20(18)28/h8-11,15H,6-7,12-14,23H2,1-5H3,(H,24,28,30). The van der Waals surface area contributed by atoms with Crippen molar-refractivity contribution in [3.8, 4) is 0 Å². The van der Waals surface area contributed by atoms with Crippen LogP contribution in [0.4, 0.5) is 11.5 Å². The minimum atomic E-state index is -3.69. The van der Waals surface area contributed by atoms with Crippen molar-refractivity contribution in [2.24, 2.45) is 5.92 Å². The number of hydrogen-bond acceptors (Lipinski definition) is 7. The topological polar surface area (TPSA) is 148 Å². The average molecular weight is 496 g/mol. The van der Waals surface area contributed by atoms with Crippen LogP contribution in [0.15, 0.2) is 38.8 Å². The smallest absolute Gasteiger partial charge is 0.330 e. The van der Waals surface area contributed by atoms with Crippen LogP contribution in [0.25, 0.3) is 0 Å². The van der Waals surface area contributed by atoms with Gasteiger partial charge in [0.05, 0.1) is 11.5 Å². The van der Waals surface area contributed by atoms with E-state index in [1.807, 2.05) is 13.8 Å². The van der Waals surface area contributed by atoms with Crippen LogP contribution in [0.3, 0.4) is 0 Å². The number of sulfonamides is 1. The molecule has 2 aromatic rings. The lowest BCUT2D eigenvalue weighted by Gasteiger charge is -2.25. The van der Waals surface area contributed by atoms with Gasteiger partial charge in [-0.1, -0.05) is 27.7 Å². The first-order valence-electron chi connectivity index (χ1n) is 11.0. The molecule has 0 aliphatic rings. The lowest BCUT2D eigenvalue weighted by atomic mass is 10.2. The molecule has 0 bridgehead atoms. The molecular formula is C22H33N5O6S. The number of carbonyl (C=O) groups excluding carboxylic acids is 1. The van der Waals surface area contributed by atoms with E-state index in [0.717, 1.165) is 4.90 Å². The number of hydrogen-bond donors (Lipinski definition) is 2. The van der Waals surface area contributed by atoms with Crippen molar-refractivity contribution in [3.63, 3.8) is 0 Å². The molecule has 0 radical (unpaired) electrons. The van der Waals surface area contributed by atoms with E-state index in [-0.39, 0.29) is 47.6 Å². The minimum Gasteiger partial charge on any atom is -0.383 e. The van der Waals surface area contributed by atoms with E-state index < -0.39 is 27.2 Å². The molecule has 1 aromatic heterocycles. The summed E-state index contributed by atoms with van der Waals surface area (Å²) < 4.78 is 33.1. The zero-order valence-electron chi connectivity index (χ0n) is 20.2. The molecule has 0 spiro atoms. The number of ether oxygens (including phenoxy) is 1. The fourth-order valence-electron chi connectivity index (χ4n) is 3.52. The van der Waals surface area contributed by atoms with Gasteiger partial charge in [-0.15, -0.1) is 0 Å². The van der Waals surface area contributed by atoms with Crippen LogP contribution in [0.5, 0.6) is 0 Å². The highest BCUT2D eigenvalue weighted by Crippen LogP contribution is 2.22. The van der Waals surface area contributed by atoms with E-state index in [4.69, 9.17) is 10.5 Å². The van der Waals surface area contributed by atoms with Crippen molar-refractivity contribution in [2.75, 3.05) is 44.0 Å². The van der Waals surface area contributed by atoms with E-state index in [0.29, 0.717) is 13.1 Å². The van der Waals surface area contributed by atoms with E-state index in [1.54, 1.807) is 13.8 Å². The van der Waals surface area contributed by atoms with Crippen LogP contribution in [0, 0.1) is 5.92 Å². The lowest BCUT2D eigenvalue weighted by molar-refractivity contribution is 0.0975. The molecule has 0 unspecified atom stereocenters. The van der Waals surface area contributed by atoms with Crippen molar-refractivity contribution in [2.45, 2.75) is 39.1 Å². The quantitative estimate of drug-likeness (QED) is 0.474. The first-order chi connectivity index (χ1) is 16.0. The lowest BCUT2D eigenvalue weighted by Crippen LogP contribution is -2.42. The maximum absolute atomic E-state index is 13.4. The molecule has 34 heavy (non-hydrogen) atoms. The zero-order chi connectivity index (χ0) is 25.6. The number of nitrogens with two attached hydrogens (primary N) is 1. The molecule has 1 aromatic carbocycles. The number of rotatable bonds is 11. The predicted molar refractivity (Wildman–Crippen MR) is 131 cm³/mol. The van der Waals surface area contributed by atoms with Crippen LogP contribution < -0.4 is 21.9 Å². The number of aromatic nitrogens is 2. The molecule has 12 heteroatoms. The summed E-state index contributed by atoms with van der Waals surface area (Å²) >= 11 is 0. The van der Waals surface area contributed by atoms with E-state index in [9.17, 15) is 22.8 Å². The largest absolute Gasteiger partial charge is 0.383 e. The number of anilines is 2. The van der Waals surface area contributed by atoms with Crippen LogP contribution >= 0.6 is 0 Å². The molecule has 0 atom stereocenters. The predicted octanol–water partition coefficient (Wildman–Crippen LogP) is 1.10. The number of aromatic amines is 1. The second kappa shape index (κ2) is 11.4. The van der Waals surface area contributed by atoms with E-state index in [2.05, 4.69) is 4.98 Å². The Morgan fingerprint density at radius 2 is 1.74 bits per heavy atom. The second-order valence-electron chi connectivity index (χ2n) is 8.06. The van der Waals surface area contributed by atoms with Crippen molar-refractivity contribution in [3.05, 3.63) is 50.7 Å². The summed E-state index contributed by atoms with van der Waals surface area (Å²) in [7, 11) is -2.24. The monoisotopic (exact) mass is 495 g/mol. The Bertz CT molecular complexity index is 1210. The summed E-state index contributed by atoms with van der Waals surface area (Å²) in [5.41, 5.74) is 4.71. The summed E-state index contributed by atoms with van der Waals surface area (Å²) in [6.45, 7) is 8.23. The number of amides is 1. The number of H-pyrrole nitrogens is 1. The minimum absolute atomic E-state index is 0.0119. The zero-order valence-corrected chi connectivity index (χ0v) is 21.0. The fraction of sp³-hybridized carbons (Fsp3) is 0.500. The van der Waals surface area contributed by atoms with Gasteiger partial charge in [-0.2, -0.15) is 4.31 Å². The van der Waals surface area contributed by atoms with Gasteiger partial charge in [-0.05, 0) is 30.2 Å². The van der Waals surface area contributed by atoms with Crippen LogP contribution in [-0.2, 0) is 21.3 Å². The molecule has 11 nitrogen and oxygen atoms in total. The van der Waals surface area contributed by atoms with Crippen LogP contribution in [-0.4, -0.2) is 61.5 Å². The molecular weight excluding hydrogens is 462 g/mol. The maximum atomic E-state index is 13.4. The number of carbonyl (C=O) groups is 1. The molecule has 3 N–H and O–H groups in total. The molecule has 1 amide bonds. The van der Waals surface area contributed by atoms with Gasteiger partial charge in [-0.25, -0.2) is 13.2 Å². The first kappa shape index (κ1) is 27.3. The normalized spacial score (nSPS) is 11.9. The SMILES string of the molecule is CCN(CC)S(=O)(=O)c1ccc(C(=O)N(CCOC)c2c(N)n(CC(C)C)c(=O)[nH]c2=O)cc1. The molecule has 2 rings (SSSR count). The summed E-state index contributed by atoms with van der Waals surface area (Å²) in [6, 6.07) is 5.46. The third-order valence-electron chi connectivity index (χ3n) is 5.24. The van der Waals surface area contributed by atoms with Gasteiger partial charge in [-0.3, -0.25) is 24.0 Å². The van der Waals surface area contributed by atoms with Crippen LogP contribution in [0.1, 0.15) is 38.1 Å². The molecule has 0 saturated carbocycles. The summed E-state index contributed by atoms with van der Waals surface area (Å²) in [6.07, 6.45) is 0. The van der Waals surface area contributed by atoms with Gasteiger partial charge in [0, 0.05) is 38.9 Å². The number of benzene rings is 1.